The van der Waals surface area contributed by atoms with Gasteiger partial charge in [-0.1, -0.05) is 116 Å². The topological polar surface area (TPSA) is 8.81 Å². The van der Waals surface area contributed by atoms with Gasteiger partial charge in [0.25, 0.3) is 5.82 Å². The molecule has 0 aliphatic carbocycles. The van der Waals surface area contributed by atoms with Gasteiger partial charge >= 0.3 is 0 Å². The minimum absolute atomic E-state index is 1.17. The summed E-state index contributed by atoms with van der Waals surface area (Å²) in [6.45, 7) is 5.76. The predicted octanol–water partition coefficient (Wildman–Crippen LogP) is 8.59. The summed E-state index contributed by atoms with van der Waals surface area (Å²) >= 11 is 0. The van der Waals surface area contributed by atoms with Gasteiger partial charge in [0.2, 0.25) is 0 Å². The third kappa shape index (κ3) is 10.5. The van der Waals surface area contributed by atoms with Crippen molar-refractivity contribution >= 4 is 0 Å². The van der Waals surface area contributed by atoms with Gasteiger partial charge in [-0.25, -0.2) is 4.57 Å². The van der Waals surface area contributed by atoms with Crippen LogP contribution in [0, 0.1) is 0 Å². The zero-order valence-electron chi connectivity index (χ0n) is 20.7. The van der Waals surface area contributed by atoms with Crippen LogP contribution in [0.1, 0.15) is 122 Å². The Morgan fingerprint density at radius 3 is 1.71 bits per heavy atom. The van der Waals surface area contributed by atoms with Crippen LogP contribution in [0.3, 0.4) is 0 Å². The van der Waals surface area contributed by atoms with Gasteiger partial charge in [0.05, 0.1) is 6.54 Å². The first-order chi connectivity index (χ1) is 15.4. The first-order valence-electron chi connectivity index (χ1n) is 13.5. The van der Waals surface area contributed by atoms with Crippen LogP contribution in [-0.4, -0.2) is 4.57 Å². The second-order valence-electron chi connectivity index (χ2n) is 9.31. The first kappa shape index (κ1) is 25.7. The van der Waals surface area contributed by atoms with Crippen LogP contribution in [0.25, 0.3) is 5.69 Å². The number of unbranched alkanes of at least 4 members (excludes halogenated alkanes) is 14. The van der Waals surface area contributed by atoms with Crippen molar-refractivity contribution in [2.45, 2.75) is 130 Å². The van der Waals surface area contributed by atoms with Gasteiger partial charge in [0.1, 0.15) is 18.1 Å². The fourth-order valence-electron chi connectivity index (χ4n) is 4.58. The van der Waals surface area contributed by atoms with E-state index >= 15 is 0 Å². The fourth-order valence-corrected chi connectivity index (χ4v) is 4.58. The van der Waals surface area contributed by atoms with Gasteiger partial charge < -0.3 is 0 Å². The van der Waals surface area contributed by atoms with Crippen molar-refractivity contribution in [2.24, 2.45) is 0 Å². The van der Waals surface area contributed by atoms with Crippen LogP contribution in [0.4, 0.5) is 0 Å². The normalized spacial score (nSPS) is 11.3. The summed E-state index contributed by atoms with van der Waals surface area (Å²) < 4.78 is 4.95. The molecule has 31 heavy (non-hydrogen) atoms. The molecule has 0 saturated heterocycles. The van der Waals surface area contributed by atoms with Crippen LogP contribution in [0.15, 0.2) is 42.7 Å². The molecule has 0 radical (unpaired) electrons. The number of para-hydroxylation sites is 1. The third-order valence-corrected chi connectivity index (χ3v) is 6.55. The van der Waals surface area contributed by atoms with Crippen molar-refractivity contribution < 1.29 is 4.57 Å². The number of hydrogen-bond donors (Lipinski definition) is 0. The molecular formula is C29H49N2+. The molecule has 2 rings (SSSR count). The molecule has 0 unspecified atom stereocenters. The summed E-state index contributed by atoms with van der Waals surface area (Å²) in [5, 5.41) is 0. The highest BCUT2D eigenvalue weighted by Crippen LogP contribution is 2.14. The van der Waals surface area contributed by atoms with Crippen molar-refractivity contribution in [2.75, 3.05) is 0 Å². The Morgan fingerprint density at radius 1 is 0.613 bits per heavy atom. The van der Waals surface area contributed by atoms with E-state index in [0.717, 1.165) is 0 Å². The van der Waals surface area contributed by atoms with Crippen molar-refractivity contribution in [1.29, 1.82) is 0 Å². The van der Waals surface area contributed by atoms with Crippen molar-refractivity contribution in [3.05, 3.63) is 48.5 Å². The zero-order chi connectivity index (χ0) is 22.0. The van der Waals surface area contributed by atoms with E-state index in [0.29, 0.717) is 0 Å². The zero-order valence-corrected chi connectivity index (χ0v) is 20.7. The molecule has 0 amide bonds. The lowest BCUT2D eigenvalue weighted by atomic mass is 10.1. The Labute approximate surface area is 193 Å². The Balaban J connectivity index is 1.79. The number of hydrogen-bond acceptors (Lipinski definition) is 0. The molecule has 2 aromatic rings. The Morgan fingerprint density at radius 2 is 1.13 bits per heavy atom. The van der Waals surface area contributed by atoms with Gasteiger partial charge in [0, 0.05) is 6.42 Å². The van der Waals surface area contributed by atoms with Gasteiger partial charge in [-0.05, 0) is 31.4 Å². The highest BCUT2D eigenvalue weighted by Gasteiger charge is 2.18. The smallest absolute Gasteiger partial charge is 0.234 e. The summed E-state index contributed by atoms with van der Waals surface area (Å²) in [6, 6.07) is 10.9. The molecule has 0 aliphatic rings. The molecule has 0 N–H and O–H groups in total. The predicted molar refractivity (Wildman–Crippen MR) is 135 cm³/mol. The minimum Gasteiger partial charge on any atom is -0.234 e. The van der Waals surface area contributed by atoms with Crippen molar-refractivity contribution in [3.8, 4) is 5.69 Å². The average molecular weight is 426 g/mol. The lowest BCUT2D eigenvalue weighted by molar-refractivity contribution is -0.704. The number of nitrogens with zero attached hydrogens (tertiary/aromatic N) is 2. The maximum absolute atomic E-state index is 2.53. The van der Waals surface area contributed by atoms with Crippen LogP contribution < -0.4 is 4.57 Å². The molecule has 174 valence electrons. The molecule has 1 aromatic carbocycles. The summed E-state index contributed by atoms with van der Waals surface area (Å²) in [7, 11) is 0. The van der Waals surface area contributed by atoms with E-state index in [4.69, 9.17) is 0 Å². The van der Waals surface area contributed by atoms with E-state index in [9.17, 15) is 0 Å². The molecule has 0 aliphatic heterocycles. The SMILES string of the molecule is CCCCCCCCCCC[n+]1ccn(-c2ccccc2)c1CCCCCCCCC. The molecule has 0 bridgehead atoms. The number of benzene rings is 1. The Bertz CT molecular complexity index is 659. The third-order valence-electron chi connectivity index (χ3n) is 6.55. The van der Waals surface area contributed by atoms with E-state index in [1.54, 1.807) is 0 Å². The molecule has 0 saturated carbocycles. The number of aromatic nitrogens is 2. The summed E-state index contributed by atoms with van der Waals surface area (Å²) in [6.07, 6.45) is 28.0. The minimum atomic E-state index is 1.17. The van der Waals surface area contributed by atoms with E-state index < -0.39 is 0 Å². The average Bonchev–Trinajstić information content (AvgIpc) is 3.20. The van der Waals surface area contributed by atoms with Gasteiger partial charge in [-0.3, -0.25) is 0 Å². The summed E-state index contributed by atoms with van der Waals surface area (Å²) in [5.41, 5.74) is 1.30. The molecule has 1 heterocycles. The first-order valence-corrected chi connectivity index (χ1v) is 13.5. The maximum atomic E-state index is 2.53. The van der Waals surface area contributed by atoms with Crippen LogP contribution in [0.2, 0.25) is 0 Å². The van der Waals surface area contributed by atoms with Crippen LogP contribution in [-0.2, 0) is 13.0 Å². The Kier molecular flexibility index (Phi) is 14.1. The van der Waals surface area contributed by atoms with Gasteiger partial charge in [0.15, 0.2) is 0 Å². The molecule has 0 fully saturated rings. The molecule has 2 heteroatoms. The van der Waals surface area contributed by atoms with E-state index in [1.165, 1.54) is 127 Å². The molecular weight excluding hydrogens is 376 g/mol. The molecule has 0 atom stereocenters. The van der Waals surface area contributed by atoms with Gasteiger partial charge in [-0.2, -0.15) is 4.57 Å². The van der Waals surface area contributed by atoms with E-state index in [2.05, 4.69) is 65.7 Å². The second-order valence-corrected chi connectivity index (χ2v) is 9.31. The lowest BCUT2D eigenvalue weighted by Gasteiger charge is -2.06. The standard InChI is InChI=1S/C29H49N2/c1-3-5-7-9-11-12-14-16-21-25-30-26-27-31(28-22-18-17-19-23-28)29(30)24-20-15-13-10-8-6-4-2/h17-19,22-23,26-27H,3-16,20-21,24-25H2,1-2H3/q+1. The summed E-state index contributed by atoms with van der Waals surface area (Å²) in [4.78, 5) is 0. The van der Waals surface area contributed by atoms with E-state index in [1.807, 2.05) is 0 Å². The highest BCUT2D eigenvalue weighted by molar-refractivity contribution is 5.31. The largest absolute Gasteiger partial charge is 0.261 e. The monoisotopic (exact) mass is 425 g/mol. The number of aryl methyl sites for hydroxylation is 1. The fraction of sp³-hybridized carbons (Fsp3) is 0.690. The van der Waals surface area contributed by atoms with Crippen LogP contribution >= 0.6 is 0 Å². The number of imidazole rings is 1. The molecule has 1 aromatic heterocycles. The number of rotatable bonds is 19. The maximum Gasteiger partial charge on any atom is 0.261 e. The van der Waals surface area contributed by atoms with Crippen molar-refractivity contribution in [1.82, 2.24) is 4.57 Å². The lowest BCUT2D eigenvalue weighted by Crippen LogP contribution is -2.37. The quantitative estimate of drug-likeness (QED) is 0.157. The molecule has 0 spiro atoms. The second kappa shape index (κ2) is 17.0. The van der Waals surface area contributed by atoms with Crippen molar-refractivity contribution in [3.63, 3.8) is 0 Å². The Hall–Kier alpha value is -1.57. The summed E-state index contributed by atoms with van der Waals surface area (Å²) in [5.74, 6) is 1.49. The van der Waals surface area contributed by atoms with E-state index in [-0.39, 0.29) is 0 Å². The van der Waals surface area contributed by atoms with Crippen LogP contribution in [0.5, 0.6) is 0 Å². The van der Waals surface area contributed by atoms with Gasteiger partial charge in [-0.15, -0.1) is 0 Å². The molecule has 2 nitrogen and oxygen atoms in total. The highest BCUT2D eigenvalue weighted by atomic mass is 15.1.